The van der Waals surface area contributed by atoms with E-state index in [0.717, 1.165) is 24.5 Å². The SMILES string of the molecule is O=C1CCCc2ccc(S(=O)(=O)F)cc21. The van der Waals surface area contributed by atoms with Crippen LogP contribution >= 0.6 is 0 Å². The lowest BCUT2D eigenvalue weighted by Gasteiger charge is -2.14. The van der Waals surface area contributed by atoms with Gasteiger partial charge in [-0.1, -0.05) is 6.07 Å². The van der Waals surface area contributed by atoms with Crippen molar-refractivity contribution in [2.45, 2.75) is 24.2 Å². The minimum atomic E-state index is -4.71. The van der Waals surface area contributed by atoms with Gasteiger partial charge < -0.3 is 0 Å². The zero-order valence-electron chi connectivity index (χ0n) is 7.86. The van der Waals surface area contributed by atoms with Crippen molar-refractivity contribution in [3.8, 4) is 0 Å². The molecule has 0 aliphatic heterocycles. The fourth-order valence-electron chi connectivity index (χ4n) is 1.76. The molecule has 1 aliphatic rings. The summed E-state index contributed by atoms with van der Waals surface area (Å²) in [6.07, 6.45) is 1.92. The number of rotatable bonds is 1. The topological polar surface area (TPSA) is 51.2 Å². The molecule has 0 aromatic heterocycles. The summed E-state index contributed by atoms with van der Waals surface area (Å²) in [5.41, 5.74) is 1.15. The van der Waals surface area contributed by atoms with E-state index < -0.39 is 15.1 Å². The highest BCUT2D eigenvalue weighted by Gasteiger charge is 2.20. The number of hydrogen-bond donors (Lipinski definition) is 0. The monoisotopic (exact) mass is 228 g/mol. The van der Waals surface area contributed by atoms with Gasteiger partial charge in [0.15, 0.2) is 5.78 Å². The maximum atomic E-state index is 12.7. The molecule has 0 saturated heterocycles. The van der Waals surface area contributed by atoms with Crippen LogP contribution in [0.1, 0.15) is 28.8 Å². The third-order valence-corrected chi connectivity index (χ3v) is 3.33. The predicted octanol–water partition coefficient (Wildman–Crippen LogP) is 1.86. The summed E-state index contributed by atoms with van der Waals surface area (Å²) in [6, 6.07) is 3.85. The molecule has 5 heteroatoms. The highest BCUT2D eigenvalue weighted by Crippen LogP contribution is 2.24. The summed E-state index contributed by atoms with van der Waals surface area (Å²) in [7, 11) is -4.71. The number of ketones is 1. The average Bonchev–Trinajstić information content (AvgIpc) is 2.16. The Hall–Kier alpha value is -1.23. The molecule has 0 N–H and O–H groups in total. The van der Waals surface area contributed by atoms with E-state index in [1.807, 2.05) is 0 Å². The van der Waals surface area contributed by atoms with E-state index in [2.05, 4.69) is 0 Å². The molecule has 0 fully saturated rings. The van der Waals surface area contributed by atoms with Gasteiger partial charge in [-0.05, 0) is 30.5 Å². The molecule has 0 amide bonds. The van der Waals surface area contributed by atoms with Gasteiger partial charge in [0.05, 0.1) is 4.90 Å². The fourth-order valence-corrected chi connectivity index (χ4v) is 2.25. The van der Waals surface area contributed by atoms with Crippen molar-refractivity contribution in [1.29, 1.82) is 0 Å². The summed E-state index contributed by atoms with van der Waals surface area (Å²) >= 11 is 0. The molecule has 80 valence electrons. The molecule has 0 saturated carbocycles. The Morgan fingerprint density at radius 2 is 1.93 bits per heavy atom. The van der Waals surface area contributed by atoms with E-state index in [1.165, 1.54) is 12.1 Å². The molecular weight excluding hydrogens is 219 g/mol. The third-order valence-electron chi connectivity index (χ3n) is 2.51. The Morgan fingerprint density at radius 1 is 1.20 bits per heavy atom. The van der Waals surface area contributed by atoms with Crippen LogP contribution in [0.3, 0.4) is 0 Å². The first kappa shape index (κ1) is 10.3. The third kappa shape index (κ3) is 1.92. The standard InChI is InChI=1S/C10H9FO3S/c11-15(13,14)8-5-4-7-2-1-3-10(12)9(7)6-8/h4-6H,1-3H2. The Morgan fingerprint density at radius 3 is 2.60 bits per heavy atom. The first-order valence-corrected chi connectivity index (χ1v) is 5.97. The molecule has 0 spiro atoms. The van der Waals surface area contributed by atoms with Gasteiger partial charge in [-0.25, -0.2) is 0 Å². The van der Waals surface area contributed by atoms with Crippen molar-refractivity contribution in [3.63, 3.8) is 0 Å². The zero-order chi connectivity index (χ0) is 11.1. The first-order chi connectivity index (χ1) is 6.98. The summed E-state index contributed by atoms with van der Waals surface area (Å²) in [5.74, 6) is -0.109. The van der Waals surface area contributed by atoms with Crippen molar-refractivity contribution in [3.05, 3.63) is 29.3 Å². The molecule has 15 heavy (non-hydrogen) atoms. The first-order valence-electron chi connectivity index (χ1n) is 4.59. The van der Waals surface area contributed by atoms with Crippen LogP contribution in [0.2, 0.25) is 0 Å². The van der Waals surface area contributed by atoms with E-state index in [0.29, 0.717) is 12.0 Å². The Kier molecular flexibility index (Phi) is 2.34. The van der Waals surface area contributed by atoms with Gasteiger partial charge in [0.25, 0.3) is 0 Å². The van der Waals surface area contributed by atoms with Crippen molar-refractivity contribution in [2.24, 2.45) is 0 Å². The second-order valence-electron chi connectivity index (χ2n) is 3.53. The Bertz CT molecular complexity index is 519. The van der Waals surface area contributed by atoms with Gasteiger partial charge in [-0.15, -0.1) is 3.89 Å². The Balaban J connectivity index is 2.58. The van der Waals surface area contributed by atoms with E-state index in [-0.39, 0.29) is 5.78 Å². The highest BCUT2D eigenvalue weighted by molar-refractivity contribution is 7.86. The average molecular weight is 228 g/mol. The molecule has 1 aliphatic carbocycles. The normalized spacial score (nSPS) is 16.2. The number of carbonyl (C=O) groups excluding carboxylic acids is 1. The van der Waals surface area contributed by atoms with E-state index >= 15 is 0 Å². The molecule has 1 aromatic carbocycles. The minimum absolute atomic E-state index is 0.109. The maximum Gasteiger partial charge on any atom is 0.332 e. The van der Waals surface area contributed by atoms with E-state index in [1.54, 1.807) is 0 Å². The largest absolute Gasteiger partial charge is 0.332 e. The number of halogens is 1. The van der Waals surface area contributed by atoms with Gasteiger partial charge in [-0.2, -0.15) is 8.42 Å². The van der Waals surface area contributed by atoms with Gasteiger partial charge >= 0.3 is 10.2 Å². The van der Waals surface area contributed by atoms with Crippen molar-refractivity contribution in [2.75, 3.05) is 0 Å². The summed E-state index contributed by atoms with van der Waals surface area (Å²) in [5, 5.41) is 0. The highest BCUT2D eigenvalue weighted by atomic mass is 32.3. The molecule has 3 nitrogen and oxygen atoms in total. The van der Waals surface area contributed by atoms with E-state index in [4.69, 9.17) is 0 Å². The molecule has 0 atom stereocenters. The van der Waals surface area contributed by atoms with Crippen LogP contribution < -0.4 is 0 Å². The molecule has 0 radical (unpaired) electrons. The van der Waals surface area contributed by atoms with Gasteiger partial charge in [-0.3, -0.25) is 4.79 Å². The Labute approximate surface area is 87.1 Å². The second kappa shape index (κ2) is 3.41. The number of hydrogen-bond acceptors (Lipinski definition) is 3. The molecule has 1 aromatic rings. The van der Waals surface area contributed by atoms with Gasteiger partial charge in [0.1, 0.15) is 0 Å². The van der Waals surface area contributed by atoms with Crippen LogP contribution in [0, 0.1) is 0 Å². The zero-order valence-corrected chi connectivity index (χ0v) is 8.68. The summed E-state index contributed by atoms with van der Waals surface area (Å²) < 4.78 is 34.0. The number of aryl methyl sites for hydroxylation is 1. The van der Waals surface area contributed by atoms with Gasteiger partial charge in [0, 0.05) is 12.0 Å². The van der Waals surface area contributed by atoms with Crippen LogP contribution in [0.4, 0.5) is 3.89 Å². The fraction of sp³-hybridized carbons (Fsp3) is 0.300. The van der Waals surface area contributed by atoms with Crippen LogP contribution in [0.15, 0.2) is 23.1 Å². The number of Topliss-reactive ketones (excluding diaryl/α,β-unsaturated/α-hetero) is 1. The smallest absolute Gasteiger partial charge is 0.294 e. The van der Waals surface area contributed by atoms with E-state index in [9.17, 15) is 17.1 Å². The molecular formula is C10H9FO3S. The minimum Gasteiger partial charge on any atom is -0.294 e. The van der Waals surface area contributed by atoms with Crippen LogP contribution in [0.25, 0.3) is 0 Å². The predicted molar refractivity (Wildman–Crippen MR) is 52.0 cm³/mol. The lowest BCUT2D eigenvalue weighted by atomic mass is 9.91. The molecule has 2 rings (SSSR count). The van der Waals surface area contributed by atoms with Crippen molar-refractivity contribution < 1.29 is 17.1 Å². The quantitative estimate of drug-likeness (QED) is 0.689. The number of carbonyl (C=O) groups is 1. The lowest BCUT2D eigenvalue weighted by molar-refractivity contribution is 0.0972. The van der Waals surface area contributed by atoms with Crippen molar-refractivity contribution >= 4 is 16.0 Å². The lowest BCUT2D eigenvalue weighted by Crippen LogP contribution is -2.11. The van der Waals surface area contributed by atoms with Crippen LogP contribution in [0.5, 0.6) is 0 Å². The molecule has 0 bridgehead atoms. The summed E-state index contributed by atoms with van der Waals surface area (Å²) in [4.78, 5) is 11.0. The maximum absolute atomic E-state index is 12.7. The molecule has 0 heterocycles. The van der Waals surface area contributed by atoms with Crippen molar-refractivity contribution in [1.82, 2.24) is 0 Å². The number of benzene rings is 1. The summed E-state index contributed by atoms with van der Waals surface area (Å²) in [6.45, 7) is 0. The van der Waals surface area contributed by atoms with Crippen LogP contribution in [-0.2, 0) is 16.6 Å². The van der Waals surface area contributed by atoms with Crippen LogP contribution in [-0.4, -0.2) is 14.2 Å². The number of fused-ring (bicyclic) bond motifs is 1. The molecule has 0 unspecified atom stereocenters. The second-order valence-corrected chi connectivity index (χ2v) is 4.88. The van der Waals surface area contributed by atoms with Gasteiger partial charge in [0.2, 0.25) is 0 Å².